The van der Waals surface area contributed by atoms with E-state index < -0.39 is 11.9 Å². The van der Waals surface area contributed by atoms with Gasteiger partial charge in [-0.1, -0.05) is 17.3 Å². The quantitative estimate of drug-likeness (QED) is 0.229. The number of oxime groups is 1. The number of para-hydroxylation sites is 1. The number of benzene rings is 1. The Morgan fingerprint density at radius 2 is 2.23 bits per heavy atom. The maximum atomic E-state index is 13.0. The number of nitrogens with zero attached hydrogens (tertiary/aromatic N) is 3. The van der Waals surface area contributed by atoms with Crippen molar-refractivity contribution in [2.45, 2.75) is 24.8 Å². The van der Waals surface area contributed by atoms with Crippen molar-refractivity contribution < 1.29 is 19.5 Å². The maximum absolute atomic E-state index is 13.0. The van der Waals surface area contributed by atoms with Crippen LogP contribution >= 0.6 is 11.3 Å². The number of thiazole rings is 1. The smallest absolute Gasteiger partial charge is 0.255 e. The first-order chi connectivity index (χ1) is 15.1. The number of amides is 2. The zero-order valence-corrected chi connectivity index (χ0v) is 17.3. The molecule has 1 aliphatic carbocycles. The predicted octanol–water partition coefficient (Wildman–Crippen LogP) is 2.54. The molecular weight excluding hydrogens is 420 g/mol. The first kappa shape index (κ1) is 20.5. The van der Waals surface area contributed by atoms with Crippen LogP contribution in [0.3, 0.4) is 0 Å². The van der Waals surface area contributed by atoms with Gasteiger partial charge in [-0.2, -0.15) is 5.10 Å². The molecule has 0 radical (unpaired) electrons. The van der Waals surface area contributed by atoms with E-state index in [9.17, 15) is 14.7 Å². The molecule has 11 heteroatoms. The van der Waals surface area contributed by atoms with Gasteiger partial charge in [0.2, 0.25) is 6.41 Å². The SMILES string of the molecule is CON=C(c1csc(NC=O)n1)C(NC(=O)c1ccccc1O)c1cc(C2CC2)[nH]n1. The lowest BCUT2D eigenvalue weighted by molar-refractivity contribution is -0.105. The summed E-state index contributed by atoms with van der Waals surface area (Å²) < 4.78 is 0. The summed E-state index contributed by atoms with van der Waals surface area (Å²) >= 11 is 1.21. The van der Waals surface area contributed by atoms with Crippen LogP contribution in [0, 0.1) is 0 Å². The summed E-state index contributed by atoms with van der Waals surface area (Å²) in [5.74, 6) is -0.221. The van der Waals surface area contributed by atoms with Gasteiger partial charge in [0.1, 0.15) is 30.3 Å². The van der Waals surface area contributed by atoms with E-state index in [1.165, 1.54) is 30.6 Å². The number of nitrogens with one attached hydrogen (secondary N) is 3. The molecule has 0 saturated heterocycles. The first-order valence-electron chi connectivity index (χ1n) is 9.52. The van der Waals surface area contributed by atoms with Gasteiger partial charge in [-0.15, -0.1) is 11.3 Å². The van der Waals surface area contributed by atoms with Crippen LogP contribution < -0.4 is 10.6 Å². The van der Waals surface area contributed by atoms with Gasteiger partial charge >= 0.3 is 0 Å². The van der Waals surface area contributed by atoms with Gasteiger partial charge in [-0.3, -0.25) is 14.7 Å². The summed E-state index contributed by atoms with van der Waals surface area (Å²) in [6.45, 7) is 0. The Balaban J connectivity index is 1.71. The van der Waals surface area contributed by atoms with E-state index >= 15 is 0 Å². The number of anilines is 1. The van der Waals surface area contributed by atoms with Crippen molar-refractivity contribution in [1.29, 1.82) is 0 Å². The molecule has 0 spiro atoms. The molecule has 1 aliphatic rings. The van der Waals surface area contributed by atoms with E-state index in [1.54, 1.807) is 17.5 Å². The summed E-state index contributed by atoms with van der Waals surface area (Å²) in [4.78, 5) is 33.1. The Morgan fingerprint density at radius 3 is 2.94 bits per heavy atom. The third-order valence-electron chi connectivity index (χ3n) is 4.77. The lowest BCUT2D eigenvalue weighted by Crippen LogP contribution is -2.35. The molecule has 0 aliphatic heterocycles. The summed E-state index contributed by atoms with van der Waals surface area (Å²) in [5, 5.41) is 29.0. The fraction of sp³-hybridized carbons (Fsp3) is 0.250. The number of carbonyl (C=O) groups is 2. The summed E-state index contributed by atoms with van der Waals surface area (Å²) in [5.41, 5.74) is 2.34. The van der Waals surface area contributed by atoms with Crippen LogP contribution in [0.15, 0.2) is 40.9 Å². The van der Waals surface area contributed by atoms with Gasteiger partial charge in [0.15, 0.2) is 5.13 Å². The van der Waals surface area contributed by atoms with Crippen molar-refractivity contribution in [2.75, 3.05) is 12.4 Å². The number of H-pyrrole nitrogens is 1. The molecule has 1 fully saturated rings. The van der Waals surface area contributed by atoms with Crippen LogP contribution in [0.1, 0.15) is 52.2 Å². The highest BCUT2D eigenvalue weighted by Crippen LogP contribution is 2.39. The molecule has 160 valence electrons. The van der Waals surface area contributed by atoms with Crippen LogP contribution in [0.2, 0.25) is 0 Å². The van der Waals surface area contributed by atoms with Gasteiger partial charge in [-0.05, 0) is 31.0 Å². The van der Waals surface area contributed by atoms with Crippen LogP contribution in [-0.2, 0) is 9.63 Å². The highest BCUT2D eigenvalue weighted by molar-refractivity contribution is 7.14. The number of phenols is 1. The lowest BCUT2D eigenvalue weighted by Gasteiger charge is -2.18. The van der Waals surface area contributed by atoms with E-state index in [2.05, 4.69) is 31.0 Å². The van der Waals surface area contributed by atoms with Crippen molar-refractivity contribution in [3.8, 4) is 5.75 Å². The number of hydrogen-bond acceptors (Lipinski definition) is 8. The number of aromatic hydroxyl groups is 1. The second-order valence-corrected chi connectivity index (χ2v) is 7.76. The molecule has 0 bridgehead atoms. The average molecular weight is 440 g/mol. The van der Waals surface area contributed by atoms with Crippen LogP contribution in [0.5, 0.6) is 5.75 Å². The minimum atomic E-state index is -0.818. The highest BCUT2D eigenvalue weighted by Gasteiger charge is 2.31. The topological polar surface area (TPSA) is 142 Å². The Bertz CT molecular complexity index is 1120. The van der Waals surface area contributed by atoms with Gasteiger partial charge in [0.05, 0.1) is 11.3 Å². The number of phenolic OH excluding ortho intramolecular Hbond substituents is 1. The van der Waals surface area contributed by atoms with Crippen LogP contribution in [0.4, 0.5) is 5.13 Å². The van der Waals surface area contributed by atoms with Crippen molar-refractivity contribution in [2.24, 2.45) is 5.16 Å². The number of aromatic amines is 1. The van der Waals surface area contributed by atoms with Crippen molar-refractivity contribution in [3.63, 3.8) is 0 Å². The van der Waals surface area contributed by atoms with Crippen LogP contribution in [-0.4, -0.2) is 45.4 Å². The fourth-order valence-corrected chi connectivity index (χ4v) is 3.78. The monoisotopic (exact) mass is 440 g/mol. The molecule has 1 unspecified atom stereocenters. The van der Waals surface area contributed by atoms with E-state index in [4.69, 9.17) is 4.84 Å². The largest absolute Gasteiger partial charge is 0.507 e. The summed E-state index contributed by atoms with van der Waals surface area (Å²) in [6.07, 6.45) is 2.70. The third kappa shape index (κ3) is 4.56. The number of hydrogen-bond donors (Lipinski definition) is 4. The number of rotatable bonds is 9. The molecule has 10 nitrogen and oxygen atoms in total. The van der Waals surface area contributed by atoms with Crippen molar-refractivity contribution >= 4 is 34.5 Å². The number of aromatic nitrogens is 3. The molecule has 4 N–H and O–H groups in total. The Labute approximate surface area is 181 Å². The first-order valence-corrected chi connectivity index (χ1v) is 10.4. The van der Waals surface area contributed by atoms with Crippen molar-refractivity contribution in [1.82, 2.24) is 20.5 Å². The average Bonchev–Trinajstić information content (AvgIpc) is 3.31. The Kier molecular flexibility index (Phi) is 5.94. The van der Waals surface area contributed by atoms with E-state index in [0.717, 1.165) is 18.5 Å². The predicted molar refractivity (Wildman–Crippen MR) is 114 cm³/mol. The minimum Gasteiger partial charge on any atom is -0.507 e. The summed E-state index contributed by atoms with van der Waals surface area (Å²) in [6, 6.07) is 7.31. The molecule has 3 aromatic rings. The molecule has 4 rings (SSSR count). The normalized spacial score (nSPS) is 14.7. The second-order valence-electron chi connectivity index (χ2n) is 6.91. The van der Waals surface area contributed by atoms with Crippen LogP contribution in [0.25, 0.3) is 0 Å². The third-order valence-corrected chi connectivity index (χ3v) is 5.54. The maximum Gasteiger partial charge on any atom is 0.255 e. The van der Waals surface area contributed by atoms with Gasteiger partial charge in [-0.25, -0.2) is 4.98 Å². The van der Waals surface area contributed by atoms with E-state index in [1.807, 2.05) is 6.07 Å². The number of carbonyl (C=O) groups excluding carboxylic acids is 2. The molecule has 2 amide bonds. The molecule has 1 saturated carbocycles. The zero-order valence-electron chi connectivity index (χ0n) is 16.5. The molecular formula is C20H20N6O4S. The zero-order chi connectivity index (χ0) is 21.8. The van der Waals surface area contributed by atoms with E-state index in [0.29, 0.717) is 34.6 Å². The van der Waals surface area contributed by atoms with Gasteiger partial charge < -0.3 is 20.6 Å². The Hall–Kier alpha value is -3.73. The van der Waals surface area contributed by atoms with Gasteiger partial charge in [0.25, 0.3) is 5.91 Å². The Morgan fingerprint density at radius 1 is 1.42 bits per heavy atom. The van der Waals surface area contributed by atoms with Gasteiger partial charge in [0, 0.05) is 17.0 Å². The molecule has 31 heavy (non-hydrogen) atoms. The molecule has 2 aromatic heterocycles. The second kappa shape index (κ2) is 8.96. The standard InChI is InChI=1S/C20H20N6O4S/c1-30-26-18(15-9-31-20(22-15)21-10-27)17(14-8-13(24-25-14)11-6-7-11)23-19(29)12-4-2-3-5-16(12)28/h2-5,8-11,17,28H,6-7H2,1H3,(H,23,29)(H,24,25)(H,21,22,27). The van der Waals surface area contributed by atoms with E-state index in [-0.39, 0.29) is 11.3 Å². The fourth-order valence-electron chi connectivity index (χ4n) is 3.11. The molecule has 1 atom stereocenters. The molecule has 1 aromatic carbocycles. The highest BCUT2D eigenvalue weighted by atomic mass is 32.1. The van der Waals surface area contributed by atoms with Crippen molar-refractivity contribution in [3.05, 3.63) is 58.4 Å². The minimum absolute atomic E-state index is 0.115. The molecule has 2 heterocycles. The lowest BCUT2D eigenvalue weighted by atomic mass is 10.0. The summed E-state index contributed by atoms with van der Waals surface area (Å²) in [7, 11) is 1.39.